The Morgan fingerprint density at radius 1 is 1.33 bits per heavy atom. The minimum atomic E-state index is -0.263. The largest absolute Gasteiger partial charge is 0.389 e. The van der Waals surface area contributed by atoms with Crippen molar-refractivity contribution in [2.24, 2.45) is 0 Å². The van der Waals surface area contributed by atoms with E-state index in [-0.39, 0.29) is 11.6 Å². The van der Waals surface area contributed by atoms with Gasteiger partial charge in [0.1, 0.15) is 0 Å². The van der Waals surface area contributed by atoms with Crippen LogP contribution < -0.4 is 4.90 Å². The van der Waals surface area contributed by atoms with Crippen LogP contribution in [0.2, 0.25) is 0 Å². The quantitative estimate of drug-likeness (QED) is 0.461. The van der Waals surface area contributed by atoms with E-state index in [1.807, 2.05) is 26.0 Å². The van der Waals surface area contributed by atoms with Gasteiger partial charge in [0, 0.05) is 7.05 Å². The lowest BCUT2D eigenvalue weighted by Crippen LogP contribution is -2.26. The van der Waals surface area contributed by atoms with E-state index in [9.17, 15) is 4.79 Å². The summed E-state index contributed by atoms with van der Waals surface area (Å²) in [6, 6.07) is 3.86. The molecule has 0 bridgehead atoms. The average molecular weight is 201 g/mol. The number of likely N-dealkylation sites (N-methyl/N-ethyl adjacent to an activating group) is 1. The summed E-state index contributed by atoms with van der Waals surface area (Å²) < 4.78 is 0. The highest BCUT2D eigenvalue weighted by Gasteiger charge is 2.39. The molecule has 0 unspecified atom stereocenters. The fraction of sp³-hybridized carbons (Fsp3) is 0.273. The van der Waals surface area contributed by atoms with E-state index in [4.69, 9.17) is 5.53 Å². The van der Waals surface area contributed by atoms with Gasteiger partial charge in [-0.2, -0.15) is 4.79 Å². The highest BCUT2D eigenvalue weighted by molar-refractivity contribution is 6.52. The number of amides is 1. The van der Waals surface area contributed by atoms with Gasteiger partial charge in [0.15, 0.2) is 0 Å². The molecule has 1 aliphatic rings. The number of aryl methyl sites for hydroxylation is 2. The number of benzene rings is 1. The normalized spacial score (nSPS) is 14.2. The van der Waals surface area contributed by atoms with E-state index < -0.39 is 0 Å². The van der Waals surface area contributed by atoms with Gasteiger partial charge >= 0.3 is 11.6 Å². The molecule has 1 amide bonds. The maximum atomic E-state index is 11.7. The summed E-state index contributed by atoms with van der Waals surface area (Å²) in [6.45, 7) is 3.89. The zero-order chi connectivity index (χ0) is 11.2. The highest BCUT2D eigenvalue weighted by Crippen LogP contribution is 2.31. The molecule has 0 aliphatic carbocycles. The molecular weight excluding hydrogens is 190 g/mol. The molecule has 4 heteroatoms. The van der Waals surface area contributed by atoms with Gasteiger partial charge < -0.3 is 10.4 Å². The maximum Gasteiger partial charge on any atom is 0.389 e. The molecule has 0 radical (unpaired) electrons. The number of nitrogens with zero attached hydrogens (tertiary/aromatic N) is 3. The Kier molecular flexibility index (Phi) is 1.95. The predicted octanol–water partition coefficient (Wildman–Crippen LogP) is 1.30. The lowest BCUT2D eigenvalue weighted by Gasteiger charge is -2.11. The van der Waals surface area contributed by atoms with Crippen molar-refractivity contribution in [3.05, 3.63) is 34.4 Å². The first-order chi connectivity index (χ1) is 7.06. The van der Waals surface area contributed by atoms with Crippen LogP contribution in [0.25, 0.3) is 5.53 Å². The molecule has 1 aliphatic heterocycles. The second-order valence-electron chi connectivity index (χ2n) is 3.79. The van der Waals surface area contributed by atoms with Crippen molar-refractivity contribution in [2.45, 2.75) is 13.8 Å². The number of fused-ring (bicyclic) bond motifs is 1. The van der Waals surface area contributed by atoms with Crippen molar-refractivity contribution in [1.29, 1.82) is 0 Å². The van der Waals surface area contributed by atoms with E-state index in [0.29, 0.717) is 5.56 Å². The van der Waals surface area contributed by atoms with Gasteiger partial charge in [0.05, 0.1) is 11.3 Å². The number of hydrogen-bond acceptors (Lipinski definition) is 1. The molecule has 1 aromatic carbocycles. The predicted molar refractivity (Wildman–Crippen MR) is 57.1 cm³/mol. The molecule has 0 atom stereocenters. The lowest BCUT2D eigenvalue weighted by molar-refractivity contribution is -0.115. The SMILES string of the molecule is Cc1cc(C)c2c(c1)C(=[N+]=[N-])C(=O)N2C. The Bertz CT molecular complexity index is 513. The van der Waals surface area contributed by atoms with E-state index in [2.05, 4.69) is 4.79 Å². The van der Waals surface area contributed by atoms with E-state index in [0.717, 1.165) is 16.8 Å². The van der Waals surface area contributed by atoms with Crippen LogP contribution in [-0.2, 0) is 4.79 Å². The first kappa shape index (κ1) is 9.62. The van der Waals surface area contributed by atoms with Crippen molar-refractivity contribution in [1.82, 2.24) is 0 Å². The van der Waals surface area contributed by atoms with Crippen LogP contribution in [-0.4, -0.2) is 23.5 Å². The molecule has 0 fully saturated rings. The Hall–Kier alpha value is -1.93. The summed E-state index contributed by atoms with van der Waals surface area (Å²) in [5.41, 5.74) is 12.6. The molecule has 0 saturated heterocycles. The molecule has 2 rings (SSSR count). The van der Waals surface area contributed by atoms with Gasteiger partial charge in [-0.25, -0.2) is 0 Å². The van der Waals surface area contributed by atoms with Gasteiger partial charge in [-0.15, -0.1) is 0 Å². The summed E-state index contributed by atoms with van der Waals surface area (Å²) in [6.07, 6.45) is 0. The molecule has 4 nitrogen and oxygen atoms in total. The zero-order valence-electron chi connectivity index (χ0n) is 8.90. The van der Waals surface area contributed by atoms with Crippen molar-refractivity contribution < 1.29 is 9.58 Å². The molecule has 15 heavy (non-hydrogen) atoms. The third-order valence-corrected chi connectivity index (χ3v) is 2.64. The van der Waals surface area contributed by atoms with Crippen molar-refractivity contribution in [3.63, 3.8) is 0 Å². The van der Waals surface area contributed by atoms with Crippen molar-refractivity contribution in [2.75, 3.05) is 11.9 Å². The number of hydrogen-bond donors (Lipinski definition) is 0. The summed E-state index contributed by atoms with van der Waals surface area (Å²) in [4.78, 5) is 16.3. The molecule has 0 saturated carbocycles. The van der Waals surface area contributed by atoms with Crippen LogP contribution in [0.3, 0.4) is 0 Å². The Morgan fingerprint density at radius 3 is 2.60 bits per heavy atom. The van der Waals surface area contributed by atoms with Gasteiger partial charge in [-0.1, -0.05) is 6.07 Å². The van der Waals surface area contributed by atoms with E-state index in [1.54, 1.807) is 7.05 Å². The second-order valence-corrected chi connectivity index (χ2v) is 3.79. The number of rotatable bonds is 0. The third-order valence-electron chi connectivity index (χ3n) is 2.64. The fourth-order valence-electron chi connectivity index (χ4n) is 2.06. The van der Waals surface area contributed by atoms with Crippen LogP contribution in [0, 0.1) is 13.8 Å². The minimum absolute atomic E-state index is 0.124. The molecular formula is C11H11N3O. The first-order valence-corrected chi connectivity index (χ1v) is 4.68. The van der Waals surface area contributed by atoms with Crippen LogP contribution in [0.4, 0.5) is 5.69 Å². The number of anilines is 1. The molecule has 0 spiro atoms. The topological polar surface area (TPSA) is 56.7 Å². The Morgan fingerprint density at radius 2 is 2.00 bits per heavy atom. The fourth-order valence-corrected chi connectivity index (χ4v) is 2.06. The van der Waals surface area contributed by atoms with Crippen LogP contribution >= 0.6 is 0 Å². The molecule has 0 N–H and O–H groups in total. The molecule has 0 aromatic heterocycles. The molecule has 1 aromatic rings. The smallest absolute Gasteiger partial charge is 0.361 e. The summed E-state index contributed by atoms with van der Waals surface area (Å²) in [7, 11) is 1.68. The van der Waals surface area contributed by atoms with Gasteiger partial charge in [0.2, 0.25) is 0 Å². The van der Waals surface area contributed by atoms with Crippen molar-refractivity contribution in [3.8, 4) is 0 Å². The van der Waals surface area contributed by atoms with Crippen LogP contribution in [0.15, 0.2) is 12.1 Å². The monoisotopic (exact) mass is 201 g/mol. The van der Waals surface area contributed by atoms with Gasteiger partial charge in [-0.3, -0.25) is 4.79 Å². The van der Waals surface area contributed by atoms with Crippen LogP contribution in [0.5, 0.6) is 0 Å². The Labute approximate surface area is 87.8 Å². The van der Waals surface area contributed by atoms with Crippen molar-refractivity contribution >= 4 is 17.3 Å². The van der Waals surface area contributed by atoms with Crippen LogP contribution in [0.1, 0.15) is 16.7 Å². The summed E-state index contributed by atoms with van der Waals surface area (Å²) in [5, 5.41) is 0. The summed E-state index contributed by atoms with van der Waals surface area (Å²) in [5.74, 6) is -0.263. The third kappa shape index (κ3) is 1.19. The molecule has 1 heterocycles. The number of carbonyl (C=O) groups excluding carboxylic acids is 1. The van der Waals surface area contributed by atoms with E-state index in [1.165, 1.54) is 4.90 Å². The first-order valence-electron chi connectivity index (χ1n) is 4.68. The lowest BCUT2D eigenvalue weighted by atomic mass is 10.0. The van der Waals surface area contributed by atoms with E-state index >= 15 is 0 Å². The Balaban J connectivity index is 2.82. The molecule has 76 valence electrons. The summed E-state index contributed by atoms with van der Waals surface area (Å²) >= 11 is 0. The van der Waals surface area contributed by atoms with Gasteiger partial charge in [-0.05, 0) is 31.0 Å². The standard InChI is InChI=1S/C11H11N3O/c1-6-4-7(2)10-8(5-6)9(13-12)11(15)14(10)3/h4-5H,1-3H3. The zero-order valence-corrected chi connectivity index (χ0v) is 8.90. The number of carbonyl (C=O) groups is 1. The highest BCUT2D eigenvalue weighted by atomic mass is 16.2. The minimum Gasteiger partial charge on any atom is -0.361 e. The average Bonchev–Trinajstić information content (AvgIpc) is 2.39. The van der Waals surface area contributed by atoms with Gasteiger partial charge in [0.25, 0.3) is 0 Å². The maximum absolute atomic E-state index is 11.7. The second kappa shape index (κ2) is 3.04.